The van der Waals surface area contributed by atoms with Gasteiger partial charge in [0.15, 0.2) is 0 Å². The minimum absolute atomic E-state index is 0.564. The standard InChI is InChI=1S/C9H12N4O/c1-6-11-5-8(13-6)9-12-4-7(14-9)2-3-10/h4-5H,2-3,10H2,1H3,(H,11,13). The van der Waals surface area contributed by atoms with Crippen molar-refractivity contribution in [1.29, 1.82) is 0 Å². The SMILES string of the molecule is Cc1ncc(-c2ncc(CCN)o2)[nH]1. The number of nitrogens with two attached hydrogens (primary N) is 1. The molecule has 0 aromatic carbocycles. The molecule has 0 aliphatic heterocycles. The third-order valence-corrected chi connectivity index (χ3v) is 1.88. The molecule has 0 atom stereocenters. The number of oxazole rings is 1. The lowest BCUT2D eigenvalue weighted by Gasteiger charge is -1.90. The molecule has 0 fully saturated rings. The van der Waals surface area contributed by atoms with Crippen molar-refractivity contribution >= 4 is 0 Å². The summed E-state index contributed by atoms with van der Waals surface area (Å²) in [4.78, 5) is 11.2. The molecular formula is C9H12N4O. The van der Waals surface area contributed by atoms with Crippen molar-refractivity contribution in [2.75, 3.05) is 6.54 Å². The van der Waals surface area contributed by atoms with Crippen LogP contribution in [0.25, 0.3) is 11.6 Å². The zero-order chi connectivity index (χ0) is 9.97. The number of aryl methyl sites for hydroxylation is 1. The van der Waals surface area contributed by atoms with Crippen LogP contribution in [-0.2, 0) is 6.42 Å². The smallest absolute Gasteiger partial charge is 0.244 e. The third-order valence-electron chi connectivity index (χ3n) is 1.88. The average Bonchev–Trinajstić information content (AvgIpc) is 2.74. The van der Waals surface area contributed by atoms with Crippen LogP contribution in [0.2, 0.25) is 0 Å². The van der Waals surface area contributed by atoms with Crippen LogP contribution in [-0.4, -0.2) is 21.5 Å². The maximum Gasteiger partial charge on any atom is 0.244 e. The second-order valence-corrected chi connectivity index (χ2v) is 3.05. The van der Waals surface area contributed by atoms with E-state index in [-0.39, 0.29) is 0 Å². The predicted octanol–water partition coefficient (Wildman–Crippen LogP) is 0.874. The van der Waals surface area contributed by atoms with Crippen LogP contribution in [0.5, 0.6) is 0 Å². The van der Waals surface area contributed by atoms with Crippen molar-refractivity contribution in [2.45, 2.75) is 13.3 Å². The van der Waals surface area contributed by atoms with Gasteiger partial charge in [-0.25, -0.2) is 9.97 Å². The first-order chi connectivity index (χ1) is 6.79. The van der Waals surface area contributed by atoms with Gasteiger partial charge in [0.25, 0.3) is 0 Å². The maximum atomic E-state index is 5.46. The summed E-state index contributed by atoms with van der Waals surface area (Å²) >= 11 is 0. The van der Waals surface area contributed by atoms with E-state index >= 15 is 0 Å². The first-order valence-corrected chi connectivity index (χ1v) is 4.46. The summed E-state index contributed by atoms with van der Waals surface area (Å²) in [6, 6.07) is 0. The summed E-state index contributed by atoms with van der Waals surface area (Å²) < 4.78 is 5.46. The lowest BCUT2D eigenvalue weighted by Crippen LogP contribution is -2.01. The van der Waals surface area contributed by atoms with E-state index in [2.05, 4.69) is 15.0 Å². The second kappa shape index (κ2) is 3.63. The van der Waals surface area contributed by atoms with Gasteiger partial charge in [-0.2, -0.15) is 0 Å². The summed E-state index contributed by atoms with van der Waals surface area (Å²) in [5.74, 6) is 2.21. The number of hydrogen-bond donors (Lipinski definition) is 2. The molecule has 0 saturated carbocycles. The number of rotatable bonds is 3. The van der Waals surface area contributed by atoms with Crippen molar-refractivity contribution in [1.82, 2.24) is 15.0 Å². The molecule has 0 saturated heterocycles. The Hall–Kier alpha value is -1.62. The Bertz CT molecular complexity index is 418. The number of nitrogens with one attached hydrogen (secondary N) is 1. The lowest BCUT2D eigenvalue weighted by molar-refractivity contribution is 0.517. The van der Waals surface area contributed by atoms with E-state index in [1.807, 2.05) is 6.92 Å². The molecule has 0 unspecified atom stereocenters. The number of imidazole rings is 1. The fraction of sp³-hybridized carbons (Fsp3) is 0.333. The Kier molecular flexibility index (Phi) is 2.32. The predicted molar refractivity (Wildman–Crippen MR) is 51.6 cm³/mol. The third kappa shape index (κ3) is 1.67. The minimum Gasteiger partial charge on any atom is -0.440 e. The Morgan fingerprint density at radius 2 is 2.29 bits per heavy atom. The lowest BCUT2D eigenvalue weighted by atomic mass is 10.4. The van der Waals surface area contributed by atoms with Crippen LogP contribution >= 0.6 is 0 Å². The fourth-order valence-electron chi connectivity index (χ4n) is 1.22. The number of aromatic nitrogens is 3. The van der Waals surface area contributed by atoms with Crippen molar-refractivity contribution in [3.05, 3.63) is 24.0 Å². The molecule has 2 aromatic heterocycles. The highest BCUT2D eigenvalue weighted by molar-refractivity contribution is 5.45. The molecule has 0 radical (unpaired) electrons. The molecule has 2 aromatic rings. The molecule has 5 heteroatoms. The van der Waals surface area contributed by atoms with Crippen LogP contribution in [0.1, 0.15) is 11.6 Å². The number of aromatic amines is 1. The monoisotopic (exact) mass is 192 g/mol. The van der Waals surface area contributed by atoms with Gasteiger partial charge >= 0.3 is 0 Å². The van der Waals surface area contributed by atoms with Gasteiger partial charge in [0.2, 0.25) is 5.89 Å². The van der Waals surface area contributed by atoms with Gasteiger partial charge in [-0.05, 0) is 13.5 Å². The molecule has 0 amide bonds. The van der Waals surface area contributed by atoms with Gasteiger partial charge in [0, 0.05) is 6.42 Å². The van der Waals surface area contributed by atoms with Crippen LogP contribution in [0.15, 0.2) is 16.8 Å². The average molecular weight is 192 g/mol. The van der Waals surface area contributed by atoms with Crippen molar-refractivity contribution in [2.24, 2.45) is 5.73 Å². The Labute approximate surface area is 81.4 Å². The van der Waals surface area contributed by atoms with Crippen LogP contribution in [0.3, 0.4) is 0 Å². The van der Waals surface area contributed by atoms with E-state index in [0.717, 1.165) is 17.3 Å². The second-order valence-electron chi connectivity index (χ2n) is 3.05. The highest BCUT2D eigenvalue weighted by atomic mass is 16.4. The molecule has 0 bridgehead atoms. The summed E-state index contributed by atoms with van der Waals surface area (Å²) in [6.07, 6.45) is 4.10. The fourth-order valence-corrected chi connectivity index (χ4v) is 1.22. The molecule has 2 heterocycles. The Morgan fingerprint density at radius 3 is 2.93 bits per heavy atom. The van der Waals surface area contributed by atoms with E-state index in [0.29, 0.717) is 18.9 Å². The maximum absolute atomic E-state index is 5.46. The van der Waals surface area contributed by atoms with Gasteiger partial charge in [0.1, 0.15) is 17.3 Å². The van der Waals surface area contributed by atoms with Gasteiger partial charge in [0.05, 0.1) is 12.4 Å². The first kappa shape index (κ1) is 8.96. The molecule has 0 spiro atoms. The normalized spacial score (nSPS) is 10.7. The van der Waals surface area contributed by atoms with E-state index in [9.17, 15) is 0 Å². The number of nitrogens with zero attached hydrogens (tertiary/aromatic N) is 2. The topological polar surface area (TPSA) is 80.7 Å². The molecule has 74 valence electrons. The molecule has 2 rings (SSSR count). The van der Waals surface area contributed by atoms with Crippen molar-refractivity contribution < 1.29 is 4.42 Å². The van der Waals surface area contributed by atoms with Crippen molar-refractivity contribution in [3.8, 4) is 11.6 Å². The zero-order valence-corrected chi connectivity index (χ0v) is 7.95. The van der Waals surface area contributed by atoms with E-state index in [1.165, 1.54) is 0 Å². The van der Waals surface area contributed by atoms with E-state index < -0.39 is 0 Å². The van der Waals surface area contributed by atoms with Crippen LogP contribution in [0.4, 0.5) is 0 Å². The summed E-state index contributed by atoms with van der Waals surface area (Å²) in [5, 5.41) is 0. The summed E-state index contributed by atoms with van der Waals surface area (Å²) in [7, 11) is 0. The molecule has 3 N–H and O–H groups in total. The van der Waals surface area contributed by atoms with E-state index in [1.54, 1.807) is 12.4 Å². The number of H-pyrrole nitrogens is 1. The van der Waals surface area contributed by atoms with Crippen LogP contribution in [0, 0.1) is 6.92 Å². The molecule has 0 aliphatic carbocycles. The van der Waals surface area contributed by atoms with Gasteiger partial charge < -0.3 is 15.1 Å². The quantitative estimate of drug-likeness (QED) is 0.756. The molecule has 0 aliphatic rings. The Morgan fingerprint density at radius 1 is 1.43 bits per heavy atom. The van der Waals surface area contributed by atoms with Crippen molar-refractivity contribution in [3.63, 3.8) is 0 Å². The molecule has 5 nitrogen and oxygen atoms in total. The largest absolute Gasteiger partial charge is 0.440 e. The summed E-state index contributed by atoms with van der Waals surface area (Å²) in [5.41, 5.74) is 6.20. The Balaban J connectivity index is 2.24. The van der Waals surface area contributed by atoms with E-state index in [4.69, 9.17) is 10.2 Å². The molecule has 14 heavy (non-hydrogen) atoms. The summed E-state index contributed by atoms with van der Waals surface area (Å²) in [6.45, 7) is 2.45. The van der Waals surface area contributed by atoms with Gasteiger partial charge in [-0.3, -0.25) is 0 Å². The van der Waals surface area contributed by atoms with Gasteiger partial charge in [-0.1, -0.05) is 0 Å². The van der Waals surface area contributed by atoms with Crippen LogP contribution < -0.4 is 5.73 Å². The minimum atomic E-state index is 0.564. The van der Waals surface area contributed by atoms with Gasteiger partial charge in [-0.15, -0.1) is 0 Å². The highest BCUT2D eigenvalue weighted by Gasteiger charge is 2.07. The highest BCUT2D eigenvalue weighted by Crippen LogP contribution is 2.16. The molecular weight excluding hydrogens is 180 g/mol. The zero-order valence-electron chi connectivity index (χ0n) is 7.95. The first-order valence-electron chi connectivity index (χ1n) is 4.46. The number of hydrogen-bond acceptors (Lipinski definition) is 4.